The first-order valence-corrected chi connectivity index (χ1v) is 14.0. The summed E-state index contributed by atoms with van der Waals surface area (Å²) in [5.41, 5.74) is 1.52. The van der Waals surface area contributed by atoms with E-state index in [0.29, 0.717) is 48.5 Å². The largest absolute Gasteiger partial charge is 0.461 e. The van der Waals surface area contributed by atoms with Gasteiger partial charge in [-0.25, -0.2) is 4.79 Å². The maximum atomic E-state index is 13.8. The number of esters is 1. The molecule has 4 saturated carbocycles. The zero-order valence-electron chi connectivity index (χ0n) is 21.7. The van der Waals surface area contributed by atoms with Crippen LogP contribution in [-0.2, 0) is 25.5 Å². The Balaban J connectivity index is 1.21. The van der Waals surface area contributed by atoms with Crippen molar-refractivity contribution in [2.45, 2.75) is 82.8 Å². The quantitative estimate of drug-likeness (QED) is 0.316. The van der Waals surface area contributed by atoms with Crippen LogP contribution in [0.1, 0.15) is 69.8 Å². The molecule has 7 heteroatoms. The molecule has 200 valence electrons. The summed E-state index contributed by atoms with van der Waals surface area (Å²) in [6.45, 7) is 4.52. The summed E-state index contributed by atoms with van der Waals surface area (Å²) < 4.78 is 11.0. The van der Waals surface area contributed by atoms with Crippen molar-refractivity contribution in [3.05, 3.63) is 42.5 Å². The van der Waals surface area contributed by atoms with E-state index in [9.17, 15) is 14.4 Å². The van der Waals surface area contributed by atoms with Crippen LogP contribution in [0.5, 0.6) is 0 Å². The van der Waals surface area contributed by atoms with Crippen LogP contribution in [0.4, 0.5) is 10.5 Å². The van der Waals surface area contributed by atoms with Gasteiger partial charge in [0.25, 0.3) is 0 Å². The molecule has 1 aliphatic heterocycles. The van der Waals surface area contributed by atoms with Crippen LogP contribution in [0.2, 0.25) is 0 Å². The first kappa shape index (κ1) is 26.0. The Bertz CT molecular complexity index is 962. The van der Waals surface area contributed by atoms with Crippen molar-refractivity contribution in [3.8, 4) is 0 Å². The number of hydrogen-bond acceptors (Lipinski definition) is 6. The molecular formula is C30H40N2O5. The SMILES string of the molecule is C=CCOC(=O)Nc1ccc(CCC(CC(=O)C23CC4CC(CC(C4)C2)C3)OC(=O)[C@@H]2CCCN2)cc1. The van der Waals surface area contributed by atoms with Crippen molar-refractivity contribution in [2.75, 3.05) is 18.5 Å². The normalized spacial score (nSPS) is 30.5. The number of ketones is 1. The molecule has 1 aromatic rings. The van der Waals surface area contributed by atoms with Gasteiger partial charge in [-0.15, -0.1) is 0 Å². The van der Waals surface area contributed by atoms with Crippen LogP contribution in [0.25, 0.3) is 0 Å². The minimum atomic E-state index is -0.525. The highest BCUT2D eigenvalue weighted by molar-refractivity contribution is 5.86. The van der Waals surface area contributed by atoms with Crippen molar-refractivity contribution in [2.24, 2.45) is 23.2 Å². The Morgan fingerprint density at radius 1 is 1.08 bits per heavy atom. The van der Waals surface area contributed by atoms with E-state index in [-0.39, 0.29) is 24.0 Å². The van der Waals surface area contributed by atoms with Gasteiger partial charge in [0.2, 0.25) is 0 Å². The molecule has 0 spiro atoms. The number of benzene rings is 1. The molecule has 1 unspecified atom stereocenters. The molecule has 2 atom stereocenters. The predicted octanol–water partition coefficient (Wildman–Crippen LogP) is 5.19. The second-order valence-electron chi connectivity index (χ2n) is 11.8. The molecule has 1 heterocycles. The van der Waals surface area contributed by atoms with E-state index >= 15 is 0 Å². The summed E-state index contributed by atoms with van der Waals surface area (Å²) in [5, 5.41) is 5.91. The van der Waals surface area contributed by atoms with E-state index in [2.05, 4.69) is 17.2 Å². The molecule has 6 rings (SSSR count). The van der Waals surface area contributed by atoms with Crippen LogP contribution in [-0.4, -0.2) is 43.1 Å². The second-order valence-corrected chi connectivity index (χ2v) is 11.8. The van der Waals surface area contributed by atoms with E-state index in [1.54, 1.807) is 0 Å². The van der Waals surface area contributed by atoms with Crippen LogP contribution in [0.3, 0.4) is 0 Å². The number of anilines is 1. The van der Waals surface area contributed by atoms with Crippen molar-refractivity contribution >= 4 is 23.5 Å². The average molecular weight is 509 g/mol. The van der Waals surface area contributed by atoms with Gasteiger partial charge < -0.3 is 14.8 Å². The summed E-state index contributed by atoms with van der Waals surface area (Å²) in [6.07, 6.45) is 10.9. The highest BCUT2D eigenvalue weighted by atomic mass is 16.5. The number of Topliss-reactive ketones (excluding diaryl/α,β-unsaturated/α-hetero) is 1. The van der Waals surface area contributed by atoms with Crippen LogP contribution < -0.4 is 10.6 Å². The summed E-state index contributed by atoms with van der Waals surface area (Å²) in [4.78, 5) is 38.4. The minimum absolute atomic E-state index is 0.155. The average Bonchev–Trinajstić information content (AvgIpc) is 3.41. The molecule has 4 bridgehead atoms. The third-order valence-corrected chi connectivity index (χ3v) is 8.96. The lowest BCUT2D eigenvalue weighted by Crippen LogP contribution is -2.50. The van der Waals surface area contributed by atoms with Gasteiger partial charge in [-0.1, -0.05) is 24.8 Å². The van der Waals surface area contributed by atoms with Gasteiger partial charge in [0.15, 0.2) is 0 Å². The van der Waals surface area contributed by atoms with E-state index < -0.39 is 12.2 Å². The standard InChI is InChI=1S/C30H40N2O5/c1-2-12-36-29(35)32-24-8-5-20(6-9-24)7-10-25(37-28(34)26-4-3-11-31-26)16-27(33)30-17-21-13-22(18-30)15-23(14-21)19-30/h2,5-6,8-9,21-23,25-26,31H,1,3-4,7,10-19H2,(H,32,35)/t21?,22?,23?,25?,26-,30?/m0/s1. The fourth-order valence-electron chi connectivity index (χ4n) is 7.58. The molecule has 5 fully saturated rings. The number of nitrogens with one attached hydrogen (secondary N) is 2. The molecule has 0 radical (unpaired) electrons. The van der Waals surface area contributed by atoms with Crippen LogP contribution in [0, 0.1) is 23.2 Å². The van der Waals surface area contributed by atoms with Crippen molar-refractivity contribution in [1.29, 1.82) is 0 Å². The van der Waals surface area contributed by atoms with Gasteiger partial charge >= 0.3 is 12.1 Å². The lowest BCUT2D eigenvalue weighted by atomic mass is 9.48. The minimum Gasteiger partial charge on any atom is -0.461 e. The number of ether oxygens (including phenoxy) is 2. The molecule has 2 N–H and O–H groups in total. The van der Waals surface area contributed by atoms with E-state index in [4.69, 9.17) is 9.47 Å². The maximum Gasteiger partial charge on any atom is 0.411 e. The van der Waals surface area contributed by atoms with E-state index in [1.165, 1.54) is 25.3 Å². The predicted molar refractivity (Wildman–Crippen MR) is 141 cm³/mol. The number of carbonyl (C=O) groups excluding carboxylic acids is 3. The van der Waals surface area contributed by atoms with Crippen LogP contribution in [0.15, 0.2) is 36.9 Å². The summed E-state index contributed by atoms with van der Waals surface area (Å²) >= 11 is 0. The third kappa shape index (κ3) is 6.25. The van der Waals surface area contributed by atoms with Gasteiger partial charge in [-0.05, 0) is 106 Å². The van der Waals surface area contributed by atoms with Crippen LogP contribution >= 0.6 is 0 Å². The van der Waals surface area contributed by atoms with Crippen molar-refractivity contribution < 1.29 is 23.9 Å². The highest BCUT2D eigenvalue weighted by Crippen LogP contribution is 2.60. The Labute approximate surface area is 219 Å². The molecule has 1 saturated heterocycles. The first-order valence-electron chi connectivity index (χ1n) is 14.0. The first-order chi connectivity index (χ1) is 17.9. The summed E-state index contributed by atoms with van der Waals surface area (Å²) in [6, 6.07) is 7.29. The zero-order valence-corrected chi connectivity index (χ0v) is 21.7. The molecule has 0 aromatic heterocycles. The Hall–Kier alpha value is -2.67. The number of rotatable bonds is 11. The lowest BCUT2D eigenvalue weighted by Gasteiger charge is -2.56. The van der Waals surface area contributed by atoms with Gasteiger partial charge in [0, 0.05) is 17.5 Å². The monoisotopic (exact) mass is 508 g/mol. The Morgan fingerprint density at radius 2 is 1.76 bits per heavy atom. The smallest absolute Gasteiger partial charge is 0.411 e. The van der Waals surface area contributed by atoms with Gasteiger partial charge in [-0.3, -0.25) is 14.9 Å². The molecule has 4 aliphatic carbocycles. The van der Waals surface area contributed by atoms with E-state index in [0.717, 1.165) is 44.2 Å². The topological polar surface area (TPSA) is 93.7 Å². The molecule has 5 aliphatic rings. The van der Waals surface area contributed by atoms with Crippen molar-refractivity contribution in [3.63, 3.8) is 0 Å². The molecule has 7 nitrogen and oxygen atoms in total. The Morgan fingerprint density at radius 3 is 2.35 bits per heavy atom. The molecule has 37 heavy (non-hydrogen) atoms. The van der Waals surface area contributed by atoms with Crippen molar-refractivity contribution in [1.82, 2.24) is 5.32 Å². The lowest BCUT2D eigenvalue weighted by molar-refractivity contribution is -0.156. The number of carbonyl (C=O) groups is 3. The highest BCUT2D eigenvalue weighted by Gasteiger charge is 2.54. The number of hydrogen-bond donors (Lipinski definition) is 2. The molecular weight excluding hydrogens is 468 g/mol. The maximum absolute atomic E-state index is 13.8. The molecule has 1 amide bonds. The Kier molecular flexibility index (Phi) is 7.98. The van der Waals surface area contributed by atoms with E-state index in [1.807, 2.05) is 24.3 Å². The van der Waals surface area contributed by atoms with Gasteiger partial charge in [-0.2, -0.15) is 0 Å². The third-order valence-electron chi connectivity index (χ3n) is 8.96. The molecule has 1 aromatic carbocycles. The summed E-state index contributed by atoms with van der Waals surface area (Å²) in [7, 11) is 0. The second kappa shape index (κ2) is 11.4. The summed E-state index contributed by atoms with van der Waals surface area (Å²) in [5.74, 6) is 2.22. The van der Waals surface area contributed by atoms with Gasteiger partial charge in [0.05, 0.1) is 0 Å². The fourth-order valence-corrected chi connectivity index (χ4v) is 7.58. The zero-order chi connectivity index (χ0) is 25.8. The fraction of sp³-hybridized carbons (Fsp3) is 0.633. The number of aryl methyl sites for hydroxylation is 1. The number of amides is 1. The van der Waals surface area contributed by atoms with Gasteiger partial charge in [0.1, 0.15) is 24.5 Å².